The van der Waals surface area contributed by atoms with Gasteiger partial charge in [-0.25, -0.2) is 4.98 Å². The van der Waals surface area contributed by atoms with Crippen molar-refractivity contribution in [3.8, 4) is 28.7 Å². The number of hydrogen-bond acceptors (Lipinski definition) is 10. The Morgan fingerprint density at radius 3 is 2.66 bits per heavy atom. The Morgan fingerprint density at radius 2 is 1.90 bits per heavy atom. The Morgan fingerprint density at radius 1 is 1.12 bits per heavy atom. The summed E-state index contributed by atoms with van der Waals surface area (Å²) in [5, 5.41) is 22.3. The van der Waals surface area contributed by atoms with Gasteiger partial charge in [0.25, 0.3) is 5.78 Å². The molecule has 0 saturated carbocycles. The molecular weight excluding hydrogens is 616 g/mol. The molecule has 2 N–H and O–H groups in total. The summed E-state index contributed by atoms with van der Waals surface area (Å²) in [6.07, 6.45) is 0. The maximum absolute atomic E-state index is 13.7. The summed E-state index contributed by atoms with van der Waals surface area (Å²) >= 11 is 4.54. The van der Waals surface area contributed by atoms with Crippen molar-refractivity contribution in [3.63, 3.8) is 0 Å². The molecule has 4 aromatic rings. The van der Waals surface area contributed by atoms with Crippen LogP contribution in [-0.4, -0.2) is 53.8 Å². The summed E-state index contributed by atoms with van der Waals surface area (Å²) in [5.41, 5.74) is 1.14. The first-order valence-electron chi connectivity index (χ1n) is 12.6. The number of thiazole rings is 1. The van der Waals surface area contributed by atoms with Gasteiger partial charge in [0.15, 0.2) is 28.1 Å². The zero-order valence-electron chi connectivity index (χ0n) is 21.8. The molecule has 1 atom stereocenters. The zero-order chi connectivity index (χ0) is 28.8. The van der Waals surface area contributed by atoms with Gasteiger partial charge in [0.2, 0.25) is 0 Å². The minimum atomic E-state index is -1.10. The number of rotatable bonds is 6. The van der Waals surface area contributed by atoms with E-state index in [4.69, 9.17) is 18.9 Å². The van der Waals surface area contributed by atoms with Crippen molar-refractivity contribution in [3.05, 3.63) is 69.7 Å². The average molecular weight is 639 g/mol. The molecule has 1 amide bonds. The highest BCUT2D eigenvalue weighted by molar-refractivity contribution is 9.10. The van der Waals surface area contributed by atoms with Gasteiger partial charge in [-0.05, 0) is 76.9 Å². The second kappa shape index (κ2) is 10.6. The van der Waals surface area contributed by atoms with Gasteiger partial charge in [-0.3, -0.25) is 14.5 Å². The van der Waals surface area contributed by atoms with Crippen molar-refractivity contribution < 1.29 is 38.7 Å². The number of anilines is 1. The van der Waals surface area contributed by atoms with Crippen LogP contribution in [0.5, 0.6) is 28.7 Å². The quantitative estimate of drug-likeness (QED) is 0.158. The molecule has 10 nitrogen and oxygen atoms in total. The number of carbonyl (C=O) groups is 2. The Bertz CT molecular complexity index is 1750. The van der Waals surface area contributed by atoms with Gasteiger partial charge in [-0.2, -0.15) is 0 Å². The molecular formula is C29H23BrN2O8S. The van der Waals surface area contributed by atoms with E-state index in [1.807, 2.05) is 13.0 Å². The highest BCUT2D eigenvalue weighted by Gasteiger charge is 2.48. The van der Waals surface area contributed by atoms with Crippen molar-refractivity contribution in [2.24, 2.45) is 0 Å². The number of carbonyl (C=O) groups excluding carboxylic acids is 2. The third-order valence-corrected chi connectivity index (χ3v) is 8.33. The Hall–Kier alpha value is -4.29. The van der Waals surface area contributed by atoms with Gasteiger partial charge >= 0.3 is 5.91 Å². The number of amides is 1. The maximum atomic E-state index is 13.7. The highest BCUT2D eigenvalue weighted by atomic mass is 79.9. The van der Waals surface area contributed by atoms with Gasteiger partial charge in [0.1, 0.15) is 24.7 Å². The van der Waals surface area contributed by atoms with E-state index in [1.54, 1.807) is 36.4 Å². The molecule has 1 fully saturated rings. The van der Waals surface area contributed by atoms with Crippen LogP contribution in [0.25, 0.3) is 16.0 Å². The third kappa shape index (κ3) is 4.62. The summed E-state index contributed by atoms with van der Waals surface area (Å²) in [6.45, 7) is 3.11. The topological polar surface area (TPSA) is 128 Å². The van der Waals surface area contributed by atoms with Crippen LogP contribution in [0.2, 0.25) is 0 Å². The Balaban J connectivity index is 1.55. The summed E-state index contributed by atoms with van der Waals surface area (Å²) in [7, 11) is 1.39. The van der Waals surface area contributed by atoms with E-state index < -0.39 is 23.5 Å². The number of halogens is 1. The lowest BCUT2D eigenvalue weighted by molar-refractivity contribution is -0.132. The van der Waals surface area contributed by atoms with Crippen molar-refractivity contribution >= 4 is 60.1 Å². The maximum Gasteiger partial charge on any atom is 0.301 e. The number of aliphatic hydroxyl groups is 1. The molecule has 3 heterocycles. The lowest BCUT2D eigenvalue weighted by Gasteiger charge is -2.24. The molecule has 0 radical (unpaired) electrons. The number of hydrogen-bond donors (Lipinski definition) is 2. The number of aromatic nitrogens is 1. The fourth-order valence-electron chi connectivity index (χ4n) is 4.85. The van der Waals surface area contributed by atoms with Crippen LogP contribution in [0.15, 0.2) is 58.6 Å². The van der Waals surface area contributed by atoms with Crippen LogP contribution < -0.4 is 23.8 Å². The summed E-state index contributed by atoms with van der Waals surface area (Å²) < 4.78 is 23.2. The minimum Gasteiger partial charge on any atom is -0.507 e. The van der Waals surface area contributed by atoms with Crippen molar-refractivity contribution in [2.75, 3.05) is 31.8 Å². The van der Waals surface area contributed by atoms with Crippen LogP contribution in [-0.2, 0) is 9.59 Å². The molecule has 1 aromatic heterocycles. The van der Waals surface area contributed by atoms with Crippen molar-refractivity contribution in [1.29, 1.82) is 0 Å². The molecule has 2 aliphatic rings. The number of ether oxygens (including phenoxy) is 4. The number of methoxy groups -OCH3 is 1. The number of phenols is 1. The van der Waals surface area contributed by atoms with Crippen LogP contribution in [0.3, 0.4) is 0 Å². The van der Waals surface area contributed by atoms with Crippen molar-refractivity contribution in [1.82, 2.24) is 4.98 Å². The first-order chi connectivity index (χ1) is 19.8. The van der Waals surface area contributed by atoms with E-state index in [-0.39, 0.29) is 32.2 Å². The summed E-state index contributed by atoms with van der Waals surface area (Å²) in [5.74, 6) is -0.598. The standard InChI is InChI=1S/C29H23BrN2O8S/c1-3-38-16-5-6-18-22(13-16)41-29(31-18)32-24(15-10-17(30)26(34)21(12-15)37-2)23(27(35)28(32)36)25(33)14-4-7-19-20(11-14)40-9-8-39-19/h4-7,10-13,24,33-34H,3,8-9H2,1-2H3/b25-23-. The van der Waals surface area contributed by atoms with Gasteiger partial charge in [-0.1, -0.05) is 11.3 Å². The summed E-state index contributed by atoms with van der Waals surface area (Å²) in [4.78, 5) is 33.2. The van der Waals surface area contributed by atoms with Gasteiger partial charge < -0.3 is 29.2 Å². The lowest BCUT2D eigenvalue weighted by Crippen LogP contribution is -2.29. The number of aromatic hydroxyl groups is 1. The van der Waals surface area contributed by atoms with Crippen LogP contribution in [0.1, 0.15) is 24.1 Å². The molecule has 3 aromatic carbocycles. The highest BCUT2D eigenvalue weighted by Crippen LogP contribution is 2.48. The number of aliphatic hydroxyl groups excluding tert-OH is 1. The zero-order valence-corrected chi connectivity index (χ0v) is 24.2. The molecule has 41 heavy (non-hydrogen) atoms. The van der Waals surface area contributed by atoms with Crippen LogP contribution >= 0.6 is 27.3 Å². The van der Waals surface area contributed by atoms with E-state index >= 15 is 0 Å². The molecule has 1 unspecified atom stereocenters. The molecule has 6 rings (SSSR count). The van der Waals surface area contributed by atoms with Gasteiger partial charge in [-0.15, -0.1) is 0 Å². The predicted octanol–water partition coefficient (Wildman–Crippen LogP) is 5.57. The number of benzene rings is 3. The number of ketones is 1. The van der Waals surface area contributed by atoms with E-state index in [0.717, 1.165) is 4.70 Å². The molecule has 1 saturated heterocycles. The SMILES string of the molecule is CCOc1ccc2nc(N3C(=O)C(=O)/C(=C(\O)c4ccc5c(c4)OCCO5)C3c3cc(Br)c(O)c(OC)c3)sc2c1. The first-order valence-corrected chi connectivity index (χ1v) is 14.2. The van der Waals surface area contributed by atoms with E-state index in [9.17, 15) is 19.8 Å². The smallest absolute Gasteiger partial charge is 0.301 e. The molecule has 210 valence electrons. The fraction of sp³-hybridized carbons (Fsp3) is 0.207. The summed E-state index contributed by atoms with van der Waals surface area (Å²) in [6, 6.07) is 12.2. The molecule has 0 spiro atoms. The van der Waals surface area contributed by atoms with Gasteiger partial charge in [0.05, 0.1) is 40.0 Å². The van der Waals surface area contributed by atoms with E-state index in [2.05, 4.69) is 20.9 Å². The van der Waals surface area contributed by atoms with Crippen molar-refractivity contribution in [2.45, 2.75) is 13.0 Å². The second-order valence-electron chi connectivity index (χ2n) is 9.14. The molecule has 12 heteroatoms. The fourth-order valence-corrected chi connectivity index (χ4v) is 6.33. The molecule has 2 aliphatic heterocycles. The van der Waals surface area contributed by atoms with Crippen LogP contribution in [0.4, 0.5) is 5.13 Å². The first kappa shape index (κ1) is 26.9. The van der Waals surface area contributed by atoms with Gasteiger partial charge in [0, 0.05) is 5.56 Å². The van der Waals surface area contributed by atoms with Crippen LogP contribution in [0, 0.1) is 0 Å². The van der Waals surface area contributed by atoms with E-state index in [1.165, 1.54) is 29.4 Å². The number of nitrogens with zero attached hydrogens (tertiary/aromatic N) is 2. The normalized spacial score (nSPS) is 17.7. The third-order valence-electron chi connectivity index (χ3n) is 6.71. The average Bonchev–Trinajstić information content (AvgIpc) is 3.51. The largest absolute Gasteiger partial charge is 0.507 e. The van der Waals surface area contributed by atoms with E-state index in [0.29, 0.717) is 48.1 Å². The molecule has 0 bridgehead atoms. The number of Topliss-reactive ketones (excluding diaryl/α,β-unsaturated/α-hetero) is 1. The minimum absolute atomic E-state index is 0.116. The monoisotopic (exact) mass is 638 g/mol. The predicted molar refractivity (Wildman–Crippen MR) is 155 cm³/mol. The number of fused-ring (bicyclic) bond motifs is 2. The molecule has 0 aliphatic carbocycles. The Labute approximate surface area is 246 Å². The second-order valence-corrected chi connectivity index (χ2v) is 11.0. The lowest BCUT2D eigenvalue weighted by atomic mass is 9.95. The Kier molecular flexibility index (Phi) is 6.96. The number of phenolic OH excluding ortho intramolecular Hbond substituents is 1.